The Labute approximate surface area is 149 Å². The summed E-state index contributed by atoms with van der Waals surface area (Å²) in [6, 6.07) is 3.80. The quantitative estimate of drug-likeness (QED) is 0.442. The summed E-state index contributed by atoms with van der Waals surface area (Å²) in [4.78, 5) is 5.86. The highest BCUT2D eigenvalue weighted by Gasteiger charge is 2.33. The van der Waals surface area contributed by atoms with Crippen LogP contribution in [0.5, 0.6) is 5.75 Å². The standard InChI is InChI=1S/C14H18F3N3O2.HI/c1-21-11-3-2-10(12(8-11)14(15,16)17)9-19-13(18)20-4-6-22-7-5-20;/h2-3,8H,4-7,9H2,1H3,(H2,18,19);1H. The maximum atomic E-state index is 13.1. The van der Waals surface area contributed by atoms with Crippen LogP contribution < -0.4 is 10.5 Å². The van der Waals surface area contributed by atoms with Crippen LogP contribution in [0, 0.1) is 0 Å². The summed E-state index contributed by atoms with van der Waals surface area (Å²) in [6.07, 6.45) is -4.47. The summed E-state index contributed by atoms with van der Waals surface area (Å²) in [5.74, 6) is 0.383. The number of hydrogen-bond acceptors (Lipinski definition) is 3. The maximum absolute atomic E-state index is 13.1. The zero-order chi connectivity index (χ0) is 16.2. The van der Waals surface area contributed by atoms with Gasteiger partial charge in [-0.25, -0.2) is 4.99 Å². The van der Waals surface area contributed by atoms with Crippen molar-refractivity contribution >= 4 is 29.9 Å². The lowest BCUT2D eigenvalue weighted by atomic mass is 10.1. The van der Waals surface area contributed by atoms with Crippen molar-refractivity contribution in [3.63, 3.8) is 0 Å². The van der Waals surface area contributed by atoms with Gasteiger partial charge in [0.15, 0.2) is 5.96 Å². The van der Waals surface area contributed by atoms with Crippen LogP contribution >= 0.6 is 24.0 Å². The van der Waals surface area contributed by atoms with E-state index in [1.807, 2.05) is 0 Å². The highest BCUT2D eigenvalue weighted by Crippen LogP contribution is 2.34. The fourth-order valence-electron chi connectivity index (χ4n) is 2.14. The predicted molar refractivity (Wildman–Crippen MR) is 91.1 cm³/mol. The van der Waals surface area contributed by atoms with Gasteiger partial charge in [0.05, 0.1) is 32.4 Å². The third kappa shape index (κ3) is 5.41. The van der Waals surface area contributed by atoms with Crippen molar-refractivity contribution in [3.8, 4) is 5.75 Å². The van der Waals surface area contributed by atoms with Gasteiger partial charge in [-0.05, 0) is 17.7 Å². The molecule has 130 valence electrons. The first-order valence-corrected chi connectivity index (χ1v) is 6.78. The van der Waals surface area contributed by atoms with Gasteiger partial charge in [-0.2, -0.15) is 13.2 Å². The van der Waals surface area contributed by atoms with Crippen molar-refractivity contribution in [2.75, 3.05) is 33.4 Å². The lowest BCUT2D eigenvalue weighted by Crippen LogP contribution is -2.44. The first kappa shape index (κ1) is 19.8. The van der Waals surface area contributed by atoms with Gasteiger partial charge in [0.1, 0.15) is 5.75 Å². The molecule has 1 aromatic rings. The fourth-order valence-corrected chi connectivity index (χ4v) is 2.14. The van der Waals surface area contributed by atoms with Gasteiger partial charge in [-0.3, -0.25) is 0 Å². The van der Waals surface area contributed by atoms with Crippen LogP contribution in [-0.2, 0) is 17.5 Å². The van der Waals surface area contributed by atoms with Crippen molar-refractivity contribution in [2.24, 2.45) is 10.7 Å². The van der Waals surface area contributed by atoms with E-state index in [9.17, 15) is 13.2 Å². The Balaban J connectivity index is 0.00000264. The normalized spacial score (nSPS) is 16.0. The molecule has 0 atom stereocenters. The van der Waals surface area contributed by atoms with Crippen LogP contribution in [0.15, 0.2) is 23.2 Å². The second kappa shape index (κ2) is 8.57. The first-order valence-electron chi connectivity index (χ1n) is 6.78. The number of methoxy groups -OCH3 is 1. The monoisotopic (exact) mass is 445 g/mol. The highest BCUT2D eigenvalue weighted by atomic mass is 127. The molecule has 2 rings (SSSR count). The molecule has 1 heterocycles. The SMILES string of the molecule is COc1ccc(CN=C(N)N2CCOCC2)c(C(F)(F)F)c1.I. The summed E-state index contributed by atoms with van der Waals surface area (Å²) in [5.41, 5.74) is 5.13. The zero-order valence-electron chi connectivity index (χ0n) is 12.6. The van der Waals surface area contributed by atoms with Gasteiger partial charge in [-0.1, -0.05) is 6.07 Å². The maximum Gasteiger partial charge on any atom is 0.416 e. The summed E-state index contributed by atoms with van der Waals surface area (Å²) in [6.45, 7) is 2.11. The van der Waals surface area contributed by atoms with Gasteiger partial charge in [-0.15, -0.1) is 24.0 Å². The second-order valence-corrected chi connectivity index (χ2v) is 4.79. The number of alkyl halides is 3. The smallest absolute Gasteiger partial charge is 0.416 e. The molecule has 23 heavy (non-hydrogen) atoms. The molecule has 1 aliphatic heterocycles. The molecule has 1 aliphatic rings. The van der Waals surface area contributed by atoms with Crippen LogP contribution in [0.25, 0.3) is 0 Å². The number of ether oxygens (including phenoxy) is 2. The zero-order valence-corrected chi connectivity index (χ0v) is 14.9. The minimum atomic E-state index is -4.47. The molecule has 0 unspecified atom stereocenters. The molecule has 1 aromatic carbocycles. The molecule has 0 aliphatic carbocycles. The second-order valence-electron chi connectivity index (χ2n) is 4.79. The van der Waals surface area contributed by atoms with E-state index >= 15 is 0 Å². The molecule has 5 nitrogen and oxygen atoms in total. The molecule has 0 aromatic heterocycles. The Kier molecular flexibility index (Phi) is 7.39. The molecule has 0 bridgehead atoms. The van der Waals surface area contributed by atoms with Gasteiger partial charge in [0.2, 0.25) is 0 Å². The number of nitrogens with two attached hydrogens (primary N) is 1. The molecular weight excluding hydrogens is 426 g/mol. The molecule has 0 radical (unpaired) electrons. The first-order chi connectivity index (χ1) is 10.4. The number of nitrogens with zero attached hydrogens (tertiary/aromatic N) is 2. The van der Waals surface area contributed by atoms with E-state index in [0.29, 0.717) is 26.3 Å². The van der Waals surface area contributed by atoms with Crippen molar-refractivity contribution in [2.45, 2.75) is 12.7 Å². The van der Waals surface area contributed by atoms with Gasteiger partial charge >= 0.3 is 6.18 Å². The Morgan fingerprint density at radius 2 is 2.00 bits per heavy atom. The molecule has 0 amide bonds. The van der Waals surface area contributed by atoms with E-state index in [1.165, 1.54) is 19.2 Å². The number of guanidine groups is 1. The van der Waals surface area contributed by atoms with Gasteiger partial charge in [0, 0.05) is 13.1 Å². The topological polar surface area (TPSA) is 60.1 Å². The Bertz CT molecular complexity index is 547. The minimum Gasteiger partial charge on any atom is -0.497 e. The third-order valence-electron chi connectivity index (χ3n) is 3.37. The number of benzene rings is 1. The Hall–Kier alpha value is -1.23. The number of halogens is 4. The molecule has 2 N–H and O–H groups in total. The lowest BCUT2D eigenvalue weighted by molar-refractivity contribution is -0.138. The van der Waals surface area contributed by atoms with Crippen molar-refractivity contribution in [1.82, 2.24) is 4.90 Å². The average Bonchev–Trinajstić information content (AvgIpc) is 2.52. The minimum absolute atomic E-state index is 0. The van der Waals surface area contributed by atoms with E-state index in [1.54, 1.807) is 4.90 Å². The largest absolute Gasteiger partial charge is 0.497 e. The van der Waals surface area contributed by atoms with Crippen molar-refractivity contribution < 1.29 is 22.6 Å². The summed E-state index contributed by atoms with van der Waals surface area (Å²) >= 11 is 0. The summed E-state index contributed by atoms with van der Waals surface area (Å²) < 4.78 is 49.3. The van der Waals surface area contributed by atoms with Crippen LogP contribution in [0.4, 0.5) is 13.2 Å². The van der Waals surface area contributed by atoms with E-state index in [-0.39, 0.29) is 47.8 Å². The molecular formula is C14H19F3IN3O2. The predicted octanol–water partition coefficient (Wildman–Crippen LogP) is 2.48. The van der Waals surface area contributed by atoms with Crippen LogP contribution in [0.2, 0.25) is 0 Å². The highest BCUT2D eigenvalue weighted by molar-refractivity contribution is 14.0. The third-order valence-corrected chi connectivity index (χ3v) is 3.37. The Morgan fingerprint density at radius 3 is 2.57 bits per heavy atom. The van der Waals surface area contributed by atoms with Crippen LogP contribution in [-0.4, -0.2) is 44.3 Å². The van der Waals surface area contributed by atoms with Crippen molar-refractivity contribution in [1.29, 1.82) is 0 Å². The van der Waals surface area contributed by atoms with Crippen LogP contribution in [0.1, 0.15) is 11.1 Å². The summed E-state index contributed by atoms with van der Waals surface area (Å²) in [7, 11) is 1.32. The number of rotatable bonds is 3. The number of aliphatic imine (C=N–C) groups is 1. The number of morpholine rings is 1. The van der Waals surface area contributed by atoms with E-state index in [0.717, 1.165) is 6.07 Å². The van der Waals surface area contributed by atoms with Crippen LogP contribution in [0.3, 0.4) is 0 Å². The van der Waals surface area contributed by atoms with Crippen molar-refractivity contribution in [3.05, 3.63) is 29.3 Å². The lowest BCUT2D eigenvalue weighted by Gasteiger charge is -2.27. The van der Waals surface area contributed by atoms with Gasteiger partial charge < -0.3 is 20.1 Å². The molecule has 0 spiro atoms. The fraction of sp³-hybridized carbons (Fsp3) is 0.500. The van der Waals surface area contributed by atoms with E-state index < -0.39 is 11.7 Å². The molecule has 1 fully saturated rings. The van der Waals surface area contributed by atoms with E-state index in [2.05, 4.69) is 4.99 Å². The average molecular weight is 445 g/mol. The van der Waals surface area contributed by atoms with E-state index in [4.69, 9.17) is 15.2 Å². The molecule has 0 saturated carbocycles. The Morgan fingerprint density at radius 1 is 1.35 bits per heavy atom. The molecule has 1 saturated heterocycles. The number of hydrogen-bond donors (Lipinski definition) is 1. The molecule has 9 heteroatoms. The van der Waals surface area contributed by atoms with Gasteiger partial charge in [0.25, 0.3) is 0 Å². The summed E-state index contributed by atoms with van der Waals surface area (Å²) in [5, 5.41) is 0.